The van der Waals surface area contributed by atoms with Gasteiger partial charge in [-0.3, -0.25) is 4.79 Å². The molecule has 2 heterocycles. The predicted molar refractivity (Wildman–Crippen MR) is 58.8 cm³/mol. The van der Waals surface area contributed by atoms with E-state index in [-0.39, 0.29) is 5.75 Å². The van der Waals surface area contributed by atoms with Crippen LogP contribution in [0, 0.1) is 5.92 Å². The number of aromatic nitrogens is 1. The maximum Gasteiger partial charge on any atom is 0.387 e. The highest BCUT2D eigenvalue weighted by Gasteiger charge is 2.28. The fourth-order valence-corrected chi connectivity index (χ4v) is 1.90. The second-order valence-corrected chi connectivity index (χ2v) is 4.00. The Morgan fingerprint density at radius 2 is 2.33 bits per heavy atom. The van der Waals surface area contributed by atoms with Crippen LogP contribution in [0.4, 0.5) is 14.6 Å². The van der Waals surface area contributed by atoms with Gasteiger partial charge in [-0.05, 0) is 18.6 Å². The molecule has 0 spiro atoms. The summed E-state index contributed by atoms with van der Waals surface area (Å²) in [5.74, 6) is -0.665. The molecule has 1 N–H and O–H groups in total. The topological polar surface area (TPSA) is 62.7 Å². The van der Waals surface area contributed by atoms with Crippen molar-refractivity contribution in [3.8, 4) is 5.75 Å². The summed E-state index contributed by atoms with van der Waals surface area (Å²) in [5, 5.41) is 8.87. The molecule has 0 amide bonds. The first-order valence-electron chi connectivity index (χ1n) is 5.45. The minimum absolute atomic E-state index is 0.0114. The molecule has 1 aromatic heterocycles. The van der Waals surface area contributed by atoms with E-state index in [1.54, 1.807) is 6.07 Å². The van der Waals surface area contributed by atoms with Gasteiger partial charge in [-0.15, -0.1) is 0 Å². The molecule has 1 fully saturated rings. The molecule has 1 aliphatic heterocycles. The molecule has 1 atom stereocenters. The Bertz CT molecular complexity index is 425. The monoisotopic (exact) mass is 258 g/mol. The first-order valence-corrected chi connectivity index (χ1v) is 5.45. The number of alkyl halides is 2. The van der Waals surface area contributed by atoms with Crippen LogP contribution in [0.25, 0.3) is 0 Å². The van der Waals surface area contributed by atoms with Crippen molar-refractivity contribution in [3.63, 3.8) is 0 Å². The Balaban J connectivity index is 2.00. The van der Waals surface area contributed by atoms with Crippen LogP contribution in [0.3, 0.4) is 0 Å². The number of carboxylic acid groups (broad SMARTS) is 1. The molecule has 2 rings (SSSR count). The summed E-state index contributed by atoms with van der Waals surface area (Å²) in [4.78, 5) is 16.6. The molecule has 5 nitrogen and oxygen atoms in total. The number of rotatable bonds is 4. The van der Waals surface area contributed by atoms with Crippen LogP contribution >= 0.6 is 0 Å². The van der Waals surface area contributed by atoms with Gasteiger partial charge in [0.15, 0.2) is 0 Å². The molecule has 0 radical (unpaired) electrons. The summed E-state index contributed by atoms with van der Waals surface area (Å²) in [6, 6.07) is 2.94. The van der Waals surface area contributed by atoms with Crippen LogP contribution < -0.4 is 9.64 Å². The van der Waals surface area contributed by atoms with Crippen molar-refractivity contribution in [2.75, 3.05) is 18.0 Å². The lowest BCUT2D eigenvalue weighted by Crippen LogP contribution is -2.23. The minimum atomic E-state index is -2.87. The normalized spacial score (nSPS) is 19.3. The van der Waals surface area contributed by atoms with Gasteiger partial charge in [-0.2, -0.15) is 8.78 Å². The van der Waals surface area contributed by atoms with Gasteiger partial charge in [0.05, 0.1) is 12.1 Å². The summed E-state index contributed by atoms with van der Waals surface area (Å²) in [6.07, 6.45) is 1.77. The molecule has 18 heavy (non-hydrogen) atoms. The number of halogens is 2. The third-order valence-corrected chi connectivity index (χ3v) is 2.81. The van der Waals surface area contributed by atoms with E-state index >= 15 is 0 Å². The standard InChI is InChI=1S/C11H12F2N2O3/c12-11(13)18-8-1-2-9(14-5-8)15-4-3-7(6-15)10(16)17/h1-2,5,7,11H,3-4,6H2,(H,16,17). The number of pyridine rings is 1. The Morgan fingerprint density at radius 3 is 2.83 bits per heavy atom. The summed E-state index contributed by atoms with van der Waals surface area (Å²) < 4.78 is 28.1. The van der Waals surface area contributed by atoms with E-state index < -0.39 is 18.5 Å². The highest BCUT2D eigenvalue weighted by Crippen LogP contribution is 2.24. The molecule has 98 valence electrons. The number of anilines is 1. The lowest BCUT2D eigenvalue weighted by molar-refractivity contribution is -0.140. The Labute approximate surface area is 102 Å². The zero-order valence-electron chi connectivity index (χ0n) is 9.42. The van der Waals surface area contributed by atoms with Gasteiger partial charge in [0.2, 0.25) is 0 Å². The van der Waals surface area contributed by atoms with Crippen molar-refractivity contribution >= 4 is 11.8 Å². The molecule has 0 aromatic carbocycles. The van der Waals surface area contributed by atoms with Crippen molar-refractivity contribution in [2.45, 2.75) is 13.0 Å². The average molecular weight is 258 g/mol. The largest absolute Gasteiger partial charge is 0.481 e. The maximum absolute atomic E-state index is 11.9. The third-order valence-electron chi connectivity index (χ3n) is 2.81. The highest BCUT2D eigenvalue weighted by atomic mass is 19.3. The van der Waals surface area contributed by atoms with Crippen molar-refractivity contribution < 1.29 is 23.4 Å². The number of nitrogens with zero attached hydrogens (tertiary/aromatic N) is 2. The van der Waals surface area contributed by atoms with Crippen molar-refractivity contribution in [1.82, 2.24) is 4.98 Å². The molecule has 1 unspecified atom stereocenters. The smallest absolute Gasteiger partial charge is 0.387 e. The minimum Gasteiger partial charge on any atom is -0.481 e. The quantitative estimate of drug-likeness (QED) is 0.888. The van der Waals surface area contributed by atoms with E-state index in [1.165, 1.54) is 12.3 Å². The second-order valence-electron chi connectivity index (χ2n) is 4.00. The second kappa shape index (κ2) is 5.16. The molecule has 7 heteroatoms. The Kier molecular flexibility index (Phi) is 3.59. The van der Waals surface area contributed by atoms with E-state index in [2.05, 4.69) is 9.72 Å². The van der Waals surface area contributed by atoms with Gasteiger partial charge < -0.3 is 14.7 Å². The van der Waals surface area contributed by atoms with Gasteiger partial charge in [0.25, 0.3) is 0 Å². The Hall–Kier alpha value is -1.92. The molecule has 0 bridgehead atoms. The van der Waals surface area contributed by atoms with Gasteiger partial charge in [0.1, 0.15) is 11.6 Å². The molecule has 1 aliphatic rings. The molecule has 1 aromatic rings. The van der Waals surface area contributed by atoms with Crippen molar-refractivity contribution in [1.29, 1.82) is 0 Å². The lowest BCUT2D eigenvalue weighted by Gasteiger charge is -2.16. The number of carbonyl (C=O) groups is 1. The number of carboxylic acids is 1. The first-order chi connectivity index (χ1) is 8.56. The SMILES string of the molecule is O=C(O)C1CCN(c2ccc(OC(F)F)cn2)C1. The van der Waals surface area contributed by atoms with Crippen LogP contribution in [0.1, 0.15) is 6.42 Å². The van der Waals surface area contributed by atoms with Gasteiger partial charge >= 0.3 is 12.6 Å². The maximum atomic E-state index is 11.9. The third kappa shape index (κ3) is 2.85. The van der Waals surface area contributed by atoms with Crippen molar-refractivity contribution in [3.05, 3.63) is 18.3 Å². The van der Waals surface area contributed by atoms with Crippen LogP contribution in [0.5, 0.6) is 5.75 Å². The van der Waals surface area contributed by atoms with Gasteiger partial charge in [-0.1, -0.05) is 0 Å². The van der Waals surface area contributed by atoms with Crippen LogP contribution in [-0.2, 0) is 4.79 Å². The predicted octanol–water partition coefficient (Wildman–Crippen LogP) is 1.59. The van der Waals surface area contributed by atoms with E-state index in [4.69, 9.17) is 5.11 Å². The fraction of sp³-hybridized carbons (Fsp3) is 0.455. The van der Waals surface area contributed by atoms with Gasteiger partial charge in [0, 0.05) is 13.1 Å². The summed E-state index contributed by atoms with van der Waals surface area (Å²) in [6.45, 7) is -1.89. The molecular weight excluding hydrogens is 246 g/mol. The average Bonchev–Trinajstić information content (AvgIpc) is 2.78. The van der Waals surface area contributed by atoms with E-state index in [0.717, 1.165) is 0 Å². The number of hydrogen-bond acceptors (Lipinski definition) is 4. The van der Waals surface area contributed by atoms with Crippen LogP contribution in [0.15, 0.2) is 18.3 Å². The molecule has 0 aliphatic carbocycles. The van der Waals surface area contributed by atoms with E-state index in [0.29, 0.717) is 25.3 Å². The van der Waals surface area contributed by atoms with E-state index in [9.17, 15) is 13.6 Å². The fourth-order valence-electron chi connectivity index (χ4n) is 1.90. The van der Waals surface area contributed by atoms with Crippen LogP contribution in [0.2, 0.25) is 0 Å². The van der Waals surface area contributed by atoms with Crippen molar-refractivity contribution in [2.24, 2.45) is 5.92 Å². The first kappa shape index (κ1) is 12.5. The zero-order valence-corrected chi connectivity index (χ0v) is 9.42. The zero-order chi connectivity index (χ0) is 13.1. The number of ether oxygens (including phenoxy) is 1. The summed E-state index contributed by atoms with van der Waals surface area (Å²) in [7, 11) is 0. The number of aliphatic carboxylic acids is 1. The summed E-state index contributed by atoms with van der Waals surface area (Å²) in [5.41, 5.74) is 0. The lowest BCUT2D eigenvalue weighted by atomic mass is 10.1. The molecule has 0 saturated carbocycles. The molecule has 1 saturated heterocycles. The van der Waals surface area contributed by atoms with Crippen LogP contribution in [-0.4, -0.2) is 35.8 Å². The van der Waals surface area contributed by atoms with Gasteiger partial charge in [-0.25, -0.2) is 4.98 Å². The van der Waals surface area contributed by atoms with E-state index in [1.807, 2.05) is 4.90 Å². The number of hydrogen-bond donors (Lipinski definition) is 1. The molecular formula is C11H12F2N2O3. The Morgan fingerprint density at radius 1 is 1.56 bits per heavy atom. The summed E-state index contributed by atoms with van der Waals surface area (Å²) >= 11 is 0. The highest BCUT2D eigenvalue weighted by molar-refractivity contribution is 5.71.